The molecule has 3 unspecified atom stereocenters. The second-order valence-electron chi connectivity index (χ2n) is 6.22. The van der Waals surface area contributed by atoms with E-state index < -0.39 is 0 Å². The van der Waals surface area contributed by atoms with Gasteiger partial charge in [-0.25, -0.2) is 0 Å². The Morgan fingerprint density at radius 2 is 2.00 bits per heavy atom. The Hall–Kier alpha value is 0.270. The van der Waals surface area contributed by atoms with Gasteiger partial charge in [-0.1, -0.05) is 0 Å². The van der Waals surface area contributed by atoms with Gasteiger partial charge in [0.05, 0.1) is 0 Å². The molecule has 0 saturated carbocycles. The van der Waals surface area contributed by atoms with Gasteiger partial charge in [-0.2, -0.15) is 11.8 Å². The lowest BCUT2D eigenvalue weighted by atomic mass is 9.89. The Bertz CT molecular complexity index is 247. The standard InChI is InChI=1S/C14H26N2S/c1-11-10-17-7-6-16(11)5-4-12-8-13-2-3-14(9-12)15-13/h11-15H,2-10H2,1H3. The first-order valence-corrected chi connectivity index (χ1v) is 8.54. The first kappa shape index (κ1) is 12.3. The number of nitrogens with one attached hydrogen (secondary N) is 1. The van der Waals surface area contributed by atoms with Crippen molar-refractivity contribution in [3.05, 3.63) is 0 Å². The van der Waals surface area contributed by atoms with Crippen LogP contribution < -0.4 is 5.32 Å². The molecule has 0 aromatic rings. The molecule has 2 nitrogen and oxygen atoms in total. The average molecular weight is 254 g/mol. The van der Waals surface area contributed by atoms with Crippen LogP contribution in [-0.4, -0.2) is 47.6 Å². The highest BCUT2D eigenvalue weighted by Crippen LogP contribution is 2.33. The number of thioether (sulfide) groups is 1. The average Bonchev–Trinajstić information content (AvgIpc) is 2.68. The number of hydrogen-bond acceptors (Lipinski definition) is 3. The molecule has 0 aromatic carbocycles. The van der Waals surface area contributed by atoms with E-state index in [0.717, 1.165) is 24.0 Å². The van der Waals surface area contributed by atoms with Gasteiger partial charge < -0.3 is 5.32 Å². The quantitative estimate of drug-likeness (QED) is 0.832. The first-order valence-electron chi connectivity index (χ1n) is 7.39. The van der Waals surface area contributed by atoms with Crippen molar-refractivity contribution in [1.82, 2.24) is 10.2 Å². The fraction of sp³-hybridized carbons (Fsp3) is 1.00. The molecule has 1 N–H and O–H groups in total. The van der Waals surface area contributed by atoms with Crippen LogP contribution in [0.5, 0.6) is 0 Å². The molecule has 3 fully saturated rings. The summed E-state index contributed by atoms with van der Waals surface area (Å²) in [6.07, 6.45) is 7.24. The van der Waals surface area contributed by atoms with E-state index in [0.29, 0.717) is 0 Å². The van der Waals surface area contributed by atoms with Crippen LogP contribution in [0.1, 0.15) is 39.0 Å². The smallest absolute Gasteiger partial charge is 0.0158 e. The van der Waals surface area contributed by atoms with E-state index in [1.807, 2.05) is 0 Å². The molecule has 98 valence electrons. The fourth-order valence-corrected chi connectivity index (χ4v) is 4.94. The zero-order valence-corrected chi connectivity index (χ0v) is 11.8. The minimum absolute atomic E-state index is 0.812. The van der Waals surface area contributed by atoms with E-state index in [-0.39, 0.29) is 0 Å². The van der Waals surface area contributed by atoms with Crippen molar-refractivity contribution in [3.8, 4) is 0 Å². The van der Waals surface area contributed by atoms with Crippen molar-refractivity contribution in [1.29, 1.82) is 0 Å². The van der Waals surface area contributed by atoms with Crippen LogP contribution in [0.4, 0.5) is 0 Å². The Balaban J connectivity index is 1.44. The highest BCUT2D eigenvalue weighted by molar-refractivity contribution is 7.99. The normalized spacial score (nSPS) is 42.9. The van der Waals surface area contributed by atoms with Gasteiger partial charge in [0.15, 0.2) is 0 Å². The van der Waals surface area contributed by atoms with E-state index in [1.165, 1.54) is 56.7 Å². The lowest BCUT2D eigenvalue weighted by Gasteiger charge is -2.35. The molecule has 0 aliphatic carbocycles. The van der Waals surface area contributed by atoms with Gasteiger partial charge in [0.2, 0.25) is 0 Å². The summed E-state index contributed by atoms with van der Waals surface area (Å²) in [6, 6.07) is 2.55. The number of rotatable bonds is 3. The minimum Gasteiger partial charge on any atom is -0.311 e. The fourth-order valence-electron chi connectivity index (χ4n) is 3.85. The van der Waals surface area contributed by atoms with Crippen LogP contribution in [0.15, 0.2) is 0 Å². The predicted octanol–water partition coefficient (Wildman–Crippen LogP) is 2.34. The van der Waals surface area contributed by atoms with E-state index >= 15 is 0 Å². The summed E-state index contributed by atoms with van der Waals surface area (Å²) in [5.41, 5.74) is 0. The third-order valence-electron chi connectivity index (χ3n) is 4.90. The van der Waals surface area contributed by atoms with Crippen LogP contribution in [0.3, 0.4) is 0 Å². The maximum Gasteiger partial charge on any atom is 0.0158 e. The lowest BCUT2D eigenvalue weighted by Crippen LogP contribution is -2.43. The van der Waals surface area contributed by atoms with Crippen molar-refractivity contribution >= 4 is 11.8 Å². The van der Waals surface area contributed by atoms with Gasteiger partial charge in [0.1, 0.15) is 0 Å². The highest BCUT2D eigenvalue weighted by Gasteiger charge is 2.33. The summed E-state index contributed by atoms with van der Waals surface area (Å²) in [7, 11) is 0. The molecule has 0 spiro atoms. The van der Waals surface area contributed by atoms with Crippen LogP contribution in [-0.2, 0) is 0 Å². The third-order valence-corrected chi connectivity index (χ3v) is 6.09. The zero-order valence-electron chi connectivity index (χ0n) is 11.0. The molecule has 2 bridgehead atoms. The molecule has 3 saturated heterocycles. The molecule has 0 amide bonds. The molecule has 3 heteroatoms. The van der Waals surface area contributed by atoms with Crippen LogP contribution in [0.25, 0.3) is 0 Å². The van der Waals surface area contributed by atoms with E-state index in [1.54, 1.807) is 0 Å². The molecule has 17 heavy (non-hydrogen) atoms. The predicted molar refractivity (Wildman–Crippen MR) is 75.6 cm³/mol. The lowest BCUT2D eigenvalue weighted by molar-refractivity contribution is 0.193. The second-order valence-corrected chi connectivity index (χ2v) is 7.37. The Labute approximate surface area is 110 Å². The van der Waals surface area contributed by atoms with E-state index in [2.05, 4.69) is 28.9 Å². The van der Waals surface area contributed by atoms with E-state index in [9.17, 15) is 0 Å². The van der Waals surface area contributed by atoms with E-state index in [4.69, 9.17) is 0 Å². The third kappa shape index (κ3) is 2.99. The summed E-state index contributed by atoms with van der Waals surface area (Å²) in [6.45, 7) is 5.08. The Morgan fingerprint density at radius 3 is 2.71 bits per heavy atom. The monoisotopic (exact) mass is 254 g/mol. The van der Waals surface area contributed by atoms with Crippen molar-refractivity contribution in [2.75, 3.05) is 24.6 Å². The van der Waals surface area contributed by atoms with Crippen molar-refractivity contribution < 1.29 is 0 Å². The van der Waals surface area contributed by atoms with Crippen LogP contribution in [0.2, 0.25) is 0 Å². The summed E-state index contributed by atoms with van der Waals surface area (Å²) in [5.74, 6) is 3.70. The Morgan fingerprint density at radius 1 is 1.24 bits per heavy atom. The maximum absolute atomic E-state index is 3.75. The molecule has 3 heterocycles. The molecule has 3 aliphatic heterocycles. The molecule has 0 aromatic heterocycles. The van der Waals surface area contributed by atoms with Crippen molar-refractivity contribution in [2.24, 2.45) is 5.92 Å². The number of nitrogens with zero attached hydrogens (tertiary/aromatic N) is 1. The SMILES string of the molecule is CC1CSCCN1CCC1CC2CCC(C1)N2. The molecule has 3 aliphatic rings. The molecular formula is C14H26N2S. The second kappa shape index (κ2) is 5.50. The molecular weight excluding hydrogens is 228 g/mol. The van der Waals surface area contributed by atoms with Gasteiger partial charge in [0, 0.05) is 36.2 Å². The zero-order chi connectivity index (χ0) is 11.7. The van der Waals surface area contributed by atoms with Gasteiger partial charge in [-0.3, -0.25) is 4.90 Å². The molecule has 0 radical (unpaired) electrons. The van der Waals surface area contributed by atoms with Crippen LogP contribution in [0, 0.1) is 5.92 Å². The summed E-state index contributed by atoms with van der Waals surface area (Å²) < 4.78 is 0. The summed E-state index contributed by atoms with van der Waals surface area (Å²) in [5, 5.41) is 3.75. The summed E-state index contributed by atoms with van der Waals surface area (Å²) >= 11 is 2.13. The van der Waals surface area contributed by atoms with Gasteiger partial charge in [-0.15, -0.1) is 0 Å². The first-order chi connectivity index (χ1) is 8.31. The van der Waals surface area contributed by atoms with Gasteiger partial charge >= 0.3 is 0 Å². The van der Waals surface area contributed by atoms with Crippen LogP contribution >= 0.6 is 11.8 Å². The topological polar surface area (TPSA) is 15.3 Å². The van der Waals surface area contributed by atoms with Crippen molar-refractivity contribution in [2.45, 2.75) is 57.2 Å². The van der Waals surface area contributed by atoms with Crippen molar-refractivity contribution in [3.63, 3.8) is 0 Å². The Kier molecular flexibility index (Phi) is 3.98. The molecule has 3 rings (SSSR count). The van der Waals surface area contributed by atoms with Gasteiger partial charge in [-0.05, 0) is 51.5 Å². The summed E-state index contributed by atoms with van der Waals surface area (Å²) in [4.78, 5) is 2.72. The molecule has 3 atom stereocenters. The minimum atomic E-state index is 0.812. The maximum atomic E-state index is 3.75. The number of fused-ring (bicyclic) bond motifs is 2. The largest absolute Gasteiger partial charge is 0.311 e. The van der Waals surface area contributed by atoms with Gasteiger partial charge in [0.25, 0.3) is 0 Å². The highest BCUT2D eigenvalue weighted by atomic mass is 32.2. The number of hydrogen-bond donors (Lipinski definition) is 1. The number of piperidine rings is 1.